The number of hydrogen-bond donors (Lipinski definition) is 1. The van der Waals surface area contributed by atoms with Crippen LogP contribution in [0.15, 0.2) is 12.1 Å². The van der Waals surface area contributed by atoms with Crippen molar-refractivity contribution in [3.05, 3.63) is 23.4 Å². The molecule has 0 bridgehead atoms. The lowest BCUT2D eigenvalue weighted by Gasteiger charge is -2.22. The third-order valence-electron chi connectivity index (χ3n) is 3.14. The van der Waals surface area contributed by atoms with Gasteiger partial charge in [0.1, 0.15) is 5.82 Å². The van der Waals surface area contributed by atoms with Crippen molar-refractivity contribution < 1.29 is 4.79 Å². The molecule has 21 heavy (non-hydrogen) atoms. The van der Waals surface area contributed by atoms with Crippen molar-refractivity contribution in [2.75, 3.05) is 25.0 Å². The topological polar surface area (TPSA) is 69.0 Å². The summed E-state index contributed by atoms with van der Waals surface area (Å²) in [5.74, 6) is 0.503. The predicted octanol–water partition coefficient (Wildman–Crippen LogP) is 2.83. The first-order valence-electron chi connectivity index (χ1n) is 7.43. The minimum absolute atomic E-state index is 0.0513. The third kappa shape index (κ3) is 5.07. The van der Waals surface area contributed by atoms with Crippen LogP contribution in [-0.2, 0) is 0 Å². The number of carbonyl (C=O) groups is 1. The Morgan fingerprint density at radius 3 is 2.76 bits per heavy atom. The highest BCUT2D eigenvalue weighted by atomic mass is 16.2. The summed E-state index contributed by atoms with van der Waals surface area (Å²) in [5.41, 5.74) is 1.43. The summed E-state index contributed by atoms with van der Waals surface area (Å²) in [6, 6.07) is 5.74. The zero-order valence-electron chi connectivity index (χ0n) is 13.3. The summed E-state index contributed by atoms with van der Waals surface area (Å²) in [4.78, 5) is 18.6. The Bertz CT molecular complexity index is 521. The molecule has 1 rings (SSSR count). The number of carbonyl (C=O) groups excluding carboxylic acids is 1. The molecule has 1 aromatic heterocycles. The molecular formula is C16H24N4O. The first kappa shape index (κ1) is 17.0. The van der Waals surface area contributed by atoms with Crippen LogP contribution in [0.2, 0.25) is 0 Å². The Balaban J connectivity index is 2.94. The molecule has 0 radical (unpaired) electrons. The van der Waals surface area contributed by atoms with E-state index in [9.17, 15) is 4.79 Å². The molecule has 114 valence electrons. The second kappa shape index (κ2) is 8.25. The number of amides is 1. The Hall–Kier alpha value is -2.09. The number of aryl methyl sites for hydroxylation is 1. The van der Waals surface area contributed by atoms with Crippen molar-refractivity contribution in [2.45, 2.75) is 34.1 Å². The van der Waals surface area contributed by atoms with E-state index < -0.39 is 0 Å². The molecule has 1 aromatic rings. The minimum Gasteiger partial charge on any atom is -0.370 e. The highest BCUT2D eigenvalue weighted by Gasteiger charge is 2.17. The maximum absolute atomic E-state index is 12.6. The van der Waals surface area contributed by atoms with Crippen LogP contribution in [0.25, 0.3) is 0 Å². The van der Waals surface area contributed by atoms with Crippen LogP contribution in [0.1, 0.15) is 43.2 Å². The molecule has 0 saturated carbocycles. The maximum Gasteiger partial charge on any atom is 0.254 e. The molecule has 0 aliphatic heterocycles. The van der Waals surface area contributed by atoms with Crippen LogP contribution in [0.3, 0.4) is 0 Å². The van der Waals surface area contributed by atoms with Gasteiger partial charge >= 0.3 is 0 Å². The van der Waals surface area contributed by atoms with E-state index in [-0.39, 0.29) is 11.8 Å². The fourth-order valence-electron chi connectivity index (χ4n) is 2.05. The van der Waals surface area contributed by atoms with E-state index in [0.29, 0.717) is 18.7 Å². The number of aromatic nitrogens is 1. The average molecular weight is 288 g/mol. The normalized spacial score (nSPS) is 11.6. The zero-order valence-corrected chi connectivity index (χ0v) is 13.3. The summed E-state index contributed by atoms with van der Waals surface area (Å²) < 4.78 is 0. The first-order valence-corrected chi connectivity index (χ1v) is 7.43. The Morgan fingerprint density at radius 1 is 1.48 bits per heavy atom. The SMILES string of the molecule is CCCNc1cc(C(=O)N(CC)CC(C)C#N)cc(C)n1. The highest BCUT2D eigenvalue weighted by Crippen LogP contribution is 2.14. The summed E-state index contributed by atoms with van der Waals surface area (Å²) in [6.07, 6.45) is 1.000. The van der Waals surface area contributed by atoms with E-state index in [1.165, 1.54) is 0 Å². The van der Waals surface area contributed by atoms with Gasteiger partial charge in [0.15, 0.2) is 0 Å². The van der Waals surface area contributed by atoms with E-state index in [1.807, 2.05) is 20.8 Å². The van der Waals surface area contributed by atoms with Crippen LogP contribution >= 0.6 is 0 Å². The van der Waals surface area contributed by atoms with Crippen molar-refractivity contribution in [3.63, 3.8) is 0 Å². The second-order valence-electron chi connectivity index (χ2n) is 5.18. The van der Waals surface area contributed by atoms with Gasteiger partial charge in [-0.1, -0.05) is 6.92 Å². The van der Waals surface area contributed by atoms with Crippen LogP contribution in [0, 0.1) is 24.2 Å². The maximum atomic E-state index is 12.6. The van der Waals surface area contributed by atoms with Crippen molar-refractivity contribution in [1.82, 2.24) is 9.88 Å². The molecule has 1 amide bonds. The van der Waals surface area contributed by atoms with Crippen molar-refractivity contribution in [3.8, 4) is 6.07 Å². The number of nitrogens with zero attached hydrogens (tertiary/aromatic N) is 3. The van der Waals surface area contributed by atoms with Crippen molar-refractivity contribution >= 4 is 11.7 Å². The van der Waals surface area contributed by atoms with E-state index in [1.54, 1.807) is 17.0 Å². The lowest BCUT2D eigenvalue weighted by Crippen LogP contribution is -2.34. The summed E-state index contributed by atoms with van der Waals surface area (Å²) in [7, 11) is 0. The Kier molecular flexibility index (Phi) is 6.67. The van der Waals surface area contributed by atoms with Crippen LogP contribution in [0.5, 0.6) is 0 Å². The molecule has 5 nitrogen and oxygen atoms in total. The Labute approximate surface area is 127 Å². The second-order valence-corrected chi connectivity index (χ2v) is 5.18. The molecular weight excluding hydrogens is 264 g/mol. The van der Waals surface area contributed by atoms with Crippen LogP contribution < -0.4 is 5.32 Å². The fourth-order valence-corrected chi connectivity index (χ4v) is 2.05. The highest BCUT2D eigenvalue weighted by molar-refractivity contribution is 5.95. The first-order chi connectivity index (χ1) is 10.0. The number of nitrogens with one attached hydrogen (secondary N) is 1. The number of hydrogen-bond acceptors (Lipinski definition) is 4. The van der Waals surface area contributed by atoms with Crippen molar-refractivity contribution in [1.29, 1.82) is 5.26 Å². The van der Waals surface area contributed by atoms with Crippen LogP contribution in [0.4, 0.5) is 5.82 Å². The molecule has 1 heterocycles. The van der Waals surface area contributed by atoms with E-state index in [0.717, 1.165) is 24.5 Å². The van der Waals surface area contributed by atoms with Gasteiger partial charge in [0.05, 0.1) is 12.0 Å². The number of rotatable bonds is 7. The van der Waals surface area contributed by atoms with Gasteiger partial charge < -0.3 is 10.2 Å². The summed E-state index contributed by atoms with van der Waals surface area (Å²) in [6.45, 7) is 9.56. The smallest absolute Gasteiger partial charge is 0.254 e. The zero-order chi connectivity index (χ0) is 15.8. The van der Waals surface area contributed by atoms with E-state index >= 15 is 0 Å². The van der Waals surface area contributed by atoms with Crippen LogP contribution in [-0.4, -0.2) is 35.4 Å². The lowest BCUT2D eigenvalue weighted by atomic mass is 10.1. The number of nitriles is 1. The molecule has 1 unspecified atom stereocenters. The minimum atomic E-state index is -0.172. The largest absolute Gasteiger partial charge is 0.370 e. The standard InChI is InChI=1S/C16H24N4O/c1-5-7-18-15-9-14(8-13(4)19-15)16(21)20(6-2)11-12(3)10-17/h8-9,12H,5-7,11H2,1-4H3,(H,18,19). The molecule has 1 atom stereocenters. The molecule has 0 fully saturated rings. The molecule has 0 saturated heterocycles. The number of pyridine rings is 1. The Morgan fingerprint density at radius 2 is 2.19 bits per heavy atom. The van der Waals surface area contributed by atoms with Gasteiger partial charge in [0, 0.05) is 30.9 Å². The third-order valence-corrected chi connectivity index (χ3v) is 3.14. The van der Waals surface area contributed by atoms with Gasteiger partial charge in [-0.05, 0) is 39.3 Å². The number of anilines is 1. The fraction of sp³-hybridized carbons (Fsp3) is 0.562. The molecule has 0 aliphatic rings. The van der Waals surface area contributed by atoms with Gasteiger partial charge in [0.2, 0.25) is 0 Å². The van der Waals surface area contributed by atoms with Crippen molar-refractivity contribution in [2.24, 2.45) is 5.92 Å². The molecule has 0 aromatic carbocycles. The van der Waals surface area contributed by atoms with Gasteiger partial charge in [0.25, 0.3) is 5.91 Å². The molecule has 0 aliphatic carbocycles. The van der Waals surface area contributed by atoms with Gasteiger partial charge in [-0.15, -0.1) is 0 Å². The summed E-state index contributed by atoms with van der Waals surface area (Å²) >= 11 is 0. The molecule has 1 N–H and O–H groups in total. The average Bonchev–Trinajstić information content (AvgIpc) is 2.49. The lowest BCUT2D eigenvalue weighted by molar-refractivity contribution is 0.0752. The van der Waals surface area contributed by atoms with E-state index in [2.05, 4.69) is 23.3 Å². The van der Waals surface area contributed by atoms with E-state index in [4.69, 9.17) is 5.26 Å². The molecule has 0 spiro atoms. The predicted molar refractivity (Wildman–Crippen MR) is 84.1 cm³/mol. The molecule has 5 heteroatoms. The van der Waals surface area contributed by atoms with Gasteiger partial charge in [-0.2, -0.15) is 5.26 Å². The van der Waals surface area contributed by atoms with Gasteiger partial charge in [-0.3, -0.25) is 4.79 Å². The van der Waals surface area contributed by atoms with Gasteiger partial charge in [-0.25, -0.2) is 4.98 Å². The quantitative estimate of drug-likeness (QED) is 0.837. The summed E-state index contributed by atoms with van der Waals surface area (Å²) in [5, 5.41) is 12.1. The monoisotopic (exact) mass is 288 g/mol.